The Morgan fingerprint density at radius 3 is 1.89 bits per heavy atom. The molecule has 1 rings (SSSR count). The summed E-state index contributed by atoms with van der Waals surface area (Å²) in [6, 6.07) is 0. The second-order valence-electron chi connectivity index (χ2n) is 1.73. The van der Waals surface area contributed by atoms with E-state index < -0.39 is 0 Å². The first-order valence-electron chi connectivity index (χ1n) is 3.39. The summed E-state index contributed by atoms with van der Waals surface area (Å²) in [5.41, 5.74) is 5.11. The molecule has 0 amide bonds. The molecule has 0 atom stereocenters. The third-order valence-corrected chi connectivity index (χ3v) is 1.20. The maximum absolute atomic E-state index is 6.86. The third-order valence-electron chi connectivity index (χ3n) is 1.20. The van der Waals surface area contributed by atoms with E-state index in [0.29, 0.717) is 0 Å². The van der Waals surface area contributed by atoms with Gasteiger partial charge in [-0.05, 0) is 6.42 Å². The van der Waals surface area contributed by atoms with Gasteiger partial charge in [-0.1, -0.05) is 13.8 Å². The maximum Gasteiger partial charge on any atom is 0.188 e. The summed E-state index contributed by atoms with van der Waals surface area (Å²) in [4.78, 5) is 1.83. The molecule has 54 valence electrons. The standard InChI is InChI=1S/C4H9N3.C2H6/c5-4(6)7-2-1-3-7;1-2/h1-3H2,(H3,5,6);1-2H3. The zero-order valence-corrected chi connectivity index (χ0v) is 6.15. The van der Waals surface area contributed by atoms with Crippen LogP contribution < -0.4 is 5.73 Å². The summed E-state index contributed by atoms with van der Waals surface area (Å²) >= 11 is 0. The number of nitrogens with two attached hydrogens (primary N) is 1. The molecule has 0 saturated carbocycles. The fourth-order valence-corrected chi connectivity index (χ4v) is 0.557. The SMILES string of the molecule is CC.N=C(N)N1CCC1. The number of hydrogen-bond donors (Lipinski definition) is 2. The van der Waals surface area contributed by atoms with Gasteiger partial charge in [0.1, 0.15) is 0 Å². The Hall–Kier alpha value is -0.730. The summed E-state index contributed by atoms with van der Waals surface area (Å²) in [5, 5.41) is 6.86. The minimum absolute atomic E-state index is 0.214. The van der Waals surface area contributed by atoms with Crippen LogP contribution in [0.1, 0.15) is 20.3 Å². The summed E-state index contributed by atoms with van der Waals surface area (Å²) in [7, 11) is 0. The number of likely N-dealkylation sites (tertiary alicyclic amines) is 1. The van der Waals surface area contributed by atoms with E-state index in [2.05, 4.69) is 0 Å². The topological polar surface area (TPSA) is 53.1 Å². The third kappa shape index (κ3) is 2.35. The molecule has 0 aromatic carbocycles. The van der Waals surface area contributed by atoms with Gasteiger partial charge >= 0.3 is 0 Å². The molecular formula is C6H15N3. The zero-order chi connectivity index (χ0) is 7.28. The van der Waals surface area contributed by atoms with Crippen LogP contribution in [0.3, 0.4) is 0 Å². The fourth-order valence-electron chi connectivity index (χ4n) is 0.557. The molecule has 0 aromatic heterocycles. The molecule has 9 heavy (non-hydrogen) atoms. The molecule has 0 unspecified atom stereocenters. The van der Waals surface area contributed by atoms with E-state index in [1.165, 1.54) is 6.42 Å². The van der Waals surface area contributed by atoms with Gasteiger partial charge in [0.25, 0.3) is 0 Å². The Morgan fingerprint density at radius 1 is 1.44 bits per heavy atom. The molecule has 0 radical (unpaired) electrons. The normalized spacial score (nSPS) is 15.1. The predicted molar refractivity (Wildman–Crippen MR) is 39.5 cm³/mol. The van der Waals surface area contributed by atoms with Crippen LogP contribution in [-0.4, -0.2) is 23.9 Å². The van der Waals surface area contributed by atoms with Crippen LogP contribution in [0.4, 0.5) is 0 Å². The van der Waals surface area contributed by atoms with Crippen molar-refractivity contribution in [1.29, 1.82) is 5.41 Å². The first kappa shape index (κ1) is 8.27. The minimum Gasteiger partial charge on any atom is -0.370 e. The first-order chi connectivity index (χ1) is 4.30. The van der Waals surface area contributed by atoms with Crippen molar-refractivity contribution >= 4 is 5.96 Å². The second-order valence-corrected chi connectivity index (χ2v) is 1.73. The highest BCUT2D eigenvalue weighted by Gasteiger charge is 2.13. The van der Waals surface area contributed by atoms with Crippen molar-refractivity contribution in [2.75, 3.05) is 13.1 Å². The Morgan fingerprint density at radius 2 is 1.89 bits per heavy atom. The lowest BCUT2D eigenvalue weighted by molar-refractivity contribution is 0.295. The molecular weight excluding hydrogens is 114 g/mol. The van der Waals surface area contributed by atoms with Gasteiger partial charge in [-0.25, -0.2) is 0 Å². The largest absolute Gasteiger partial charge is 0.370 e. The first-order valence-corrected chi connectivity index (χ1v) is 3.39. The average molecular weight is 129 g/mol. The number of nitrogens with zero attached hydrogens (tertiary/aromatic N) is 1. The minimum atomic E-state index is 0.214. The van der Waals surface area contributed by atoms with Crippen LogP contribution in [0.2, 0.25) is 0 Å². The van der Waals surface area contributed by atoms with Crippen LogP contribution in [0, 0.1) is 5.41 Å². The smallest absolute Gasteiger partial charge is 0.188 e. The molecule has 0 bridgehead atoms. The van der Waals surface area contributed by atoms with Crippen molar-refractivity contribution in [2.24, 2.45) is 5.73 Å². The Labute approximate surface area is 56.3 Å². The second kappa shape index (κ2) is 4.18. The summed E-state index contributed by atoms with van der Waals surface area (Å²) in [5.74, 6) is 0.214. The van der Waals surface area contributed by atoms with Gasteiger partial charge in [-0.2, -0.15) is 0 Å². The monoisotopic (exact) mass is 129 g/mol. The van der Waals surface area contributed by atoms with Crippen molar-refractivity contribution < 1.29 is 0 Å². The van der Waals surface area contributed by atoms with Gasteiger partial charge in [-0.15, -0.1) is 0 Å². The highest BCUT2D eigenvalue weighted by Crippen LogP contribution is 2.02. The predicted octanol–water partition coefficient (Wildman–Crippen LogP) is 0.612. The lowest BCUT2D eigenvalue weighted by Gasteiger charge is -2.30. The van der Waals surface area contributed by atoms with E-state index in [1.807, 2.05) is 18.7 Å². The van der Waals surface area contributed by atoms with Crippen LogP contribution in [0.15, 0.2) is 0 Å². The molecule has 0 aromatic rings. The van der Waals surface area contributed by atoms with Gasteiger partial charge < -0.3 is 10.6 Å². The molecule has 1 aliphatic rings. The lowest BCUT2D eigenvalue weighted by Crippen LogP contribution is -2.45. The van der Waals surface area contributed by atoms with Crippen molar-refractivity contribution in [3.63, 3.8) is 0 Å². The fraction of sp³-hybridized carbons (Fsp3) is 0.833. The van der Waals surface area contributed by atoms with Gasteiger partial charge in [-0.3, -0.25) is 5.41 Å². The van der Waals surface area contributed by atoms with Crippen LogP contribution in [0.25, 0.3) is 0 Å². The molecule has 3 nitrogen and oxygen atoms in total. The Balaban J connectivity index is 0.000000291. The molecule has 1 heterocycles. The van der Waals surface area contributed by atoms with Crippen molar-refractivity contribution in [3.8, 4) is 0 Å². The Bertz CT molecular complexity index is 86.3. The van der Waals surface area contributed by atoms with Gasteiger partial charge in [0.05, 0.1) is 0 Å². The van der Waals surface area contributed by atoms with E-state index in [0.717, 1.165) is 13.1 Å². The van der Waals surface area contributed by atoms with E-state index in [-0.39, 0.29) is 5.96 Å². The van der Waals surface area contributed by atoms with E-state index >= 15 is 0 Å². The Kier molecular flexibility index (Phi) is 3.84. The van der Waals surface area contributed by atoms with E-state index in [9.17, 15) is 0 Å². The van der Waals surface area contributed by atoms with Crippen LogP contribution in [0.5, 0.6) is 0 Å². The van der Waals surface area contributed by atoms with Gasteiger partial charge in [0, 0.05) is 13.1 Å². The lowest BCUT2D eigenvalue weighted by atomic mass is 10.2. The molecule has 0 spiro atoms. The van der Waals surface area contributed by atoms with E-state index in [1.54, 1.807) is 0 Å². The molecule has 0 aliphatic carbocycles. The van der Waals surface area contributed by atoms with Crippen LogP contribution >= 0.6 is 0 Å². The number of guanidine groups is 1. The molecule has 3 N–H and O–H groups in total. The van der Waals surface area contributed by atoms with Gasteiger partial charge in [0.15, 0.2) is 5.96 Å². The molecule has 1 aliphatic heterocycles. The number of nitrogens with one attached hydrogen (secondary N) is 1. The highest BCUT2D eigenvalue weighted by atomic mass is 15.3. The number of hydrogen-bond acceptors (Lipinski definition) is 1. The average Bonchev–Trinajstić information content (AvgIpc) is 1.65. The zero-order valence-electron chi connectivity index (χ0n) is 6.15. The highest BCUT2D eigenvalue weighted by molar-refractivity contribution is 5.75. The van der Waals surface area contributed by atoms with Crippen molar-refractivity contribution in [1.82, 2.24) is 4.90 Å². The van der Waals surface area contributed by atoms with Crippen molar-refractivity contribution in [2.45, 2.75) is 20.3 Å². The van der Waals surface area contributed by atoms with Gasteiger partial charge in [0.2, 0.25) is 0 Å². The summed E-state index contributed by atoms with van der Waals surface area (Å²) in [6.07, 6.45) is 1.19. The molecule has 1 fully saturated rings. The van der Waals surface area contributed by atoms with Crippen molar-refractivity contribution in [3.05, 3.63) is 0 Å². The molecule has 1 saturated heterocycles. The maximum atomic E-state index is 6.86. The van der Waals surface area contributed by atoms with Crippen LogP contribution in [-0.2, 0) is 0 Å². The number of rotatable bonds is 0. The summed E-state index contributed by atoms with van der Waals surface area (Å²) < 4.78 is 0. The molecule has 3 heteroatoms. The van der Waals surface area contributed by atoms with E-state index in [4.69, 9.17) is 11.1 Å². The quantitative estimate of drug-likeness (QED) is 0.372. The summed E-state index contributed by atoms with van der Waals surface area (Å²) in [6.45, 7) is 5.96.